The van der Waals surface area contributed by atoms with Crippen molar-refractivity contribution in [1.29, 1.82) is 0 Å². The summed E-state index contributed by atoms with van der Waals surface area (Å²) in [5, 5.41) is 0. The minimum atomic E-state index is -0.220. The van der Waals surface area contributed by atoms with E-state index in [2.05, 4.69) is 6.08 Å². The molecule has 0 amide bonds. The van der Waals surface area contributed by atoms with Crippen molar-refractivity contribution < 1.29 is 4.39 Å². The number of halogens is 1. The molecule has 3 rings (SSSR count). The maximum atomic E-state index is 13.6. The van der Waals surface area contributed by atoms with E-state index in [0.29, 0.717) is 0 Å². The quantitative estimate of drug-likeness (QED) is 0.560. The number of benzene rings is 3. The molecule has 3 aromatic rings. The molecule has 0 saturated heterocycles. The Balaban J connectivity index is 2.14. The van der Waals surface area contributed by atoms with E-state index in [4.69, 9.17) is 0 Å². The molecule has 0 bridgehead atoms. The van der Waals surface area contributed by atoms with Gasteiger partial charge in [-0.1, -0.05) is 72.8 Å². The third-order valence-corrected chi connectivity index (χ3v) is 3.33. The molecule has 0 aromatic heterocycles. The number of hydrogen-bond acceptors (Lipinski definition) is 0. The SMILES string of the molecule is Fc1cccc(/C(=C/c2ccccc2)c2ccccc2)c1. The van der Waals surface area contributed by atoms with Gasteiger partial charge in [-0.05, 0) is 40.5 Å². The number of hydrogen-bond donors (Lipinski definition) is 0. The van der Waals surface area contributed by atoms with Gasteiger partial charge in [-0.2, -0.15) is 0 Å². The molecule has 0 atom stereocenters. The molecule has 0 aliphatic carbocycles. The second-order valence-electron chi connectivity index (χ2n) is 4.85. The summed E-state index contributed by atoms with van der Waals surface area (Å²) < 4.78 is 13.6. The van der Waals surface area contributed by atoms with Crippen LogP contribution >= 0.6 is 0 Å². The van der Waals surface area contributed by atoms with E-state index >= 15 is 0 Å². The van der Waals surface area contributed by atoms with Crippen molar-refractivity contribution in [3.05, 3.63) is 107 Å². The molecule has 0 unspecified atom stereocenters. The molecule has 21 heavy (non-hydrogen) atoms. The first-order valence-corrected chi connectivity index (χ1v) is 6.91. The molecule has 102 valence electrons. The van der Waals surface area contributed by atoms with Gasteiger partial charge in [0.15, 0.2) is 0 Å². The summed E-state index contributed by atoms with van der Waals surface area (Å²) in [6.45, 7) is 0. The van der Waals surface area contributed by atoms with E-state index in [-0.39, 0.29) is 5.82 Å². The fraction of sp³-hybridized carbons (Fsp3) is 0. The zero-order chi connectivity index (χ0) is 14.5. The van der Waals surface area contributed by atoms with E-state index in [0.717, 1.165) is 22.3 Å². The van der Waals surface area contributed by atoms with Crippen LogP contribution in [0.1, 0.15) is 16.7 Å². The molecule has 0 saturated carbocycles. The Morgan fingerprint density at radius 1 is 0.667 bits per heavy atom. The molecular formula is C20H15F. The zero-order valence-corrected chi connectivity index (χ0v) is 11.5. The first-order chi connectivity index (χ1) is 10.3. The summed E-state index contributed by atoms with van der Waals surface area (Å²) in [6.07, 6.45) is 2.09. The van der Waals surface area contributed by atoms with Gasteiger partial charge in [0, 0.05) is 0 Å². The van der Waals surface area contributed by atoms with Crippen LogP contribution in [-0.2, 0) is 0 Å². The van der Waals surface area contributed by atoms with Crippen molar-refractivity contribution in [3.63, 3.8) is 0 Å². The molecule has 0 aliphatic rings. The Hall–Kier alpha value is -2.67. The first-order valence-electron chi connectivity index (χ1n) is 6.91. The lowest BCUT2D eigenvalue weighted by molar-refractivity contribution is 0.627. The van der Waals surface area contributed by atoms with Gasteiger partial charge >= 0.3 is 0 Å². The zero-order valence-electron chi connectivity index (χ0n) is 11.5. The molecule has 3 aromatic carbocycles. The molecule has 0 spiro atoms. The molecule has 0 radical (unpaired) electrons. The molecule has 1 heteroatoms. The summed E-state index contributed by atoms with van der Waals surface area (Å²) in [7, 11) is 0. The fourth-order valence-electron chi connectivity index (χ4n) is 2.32. The van der Waals surface area contributed by atoms with Gasteiger partial charge in [0.1, 0.15) is 5.82 Å². The van der Waals surface area contributed by atoms with E-state index in [1.807, 2.05) is 66.7 Å². The second kappa shape index (κ2) is 6.19. The average molecular weight is 274 g/mol. The Morgan fingerprint density at radius 2 is 1.29 bits per heavy atom. The van der Waals surface area contributed by atoms with Crippen molar-refractivity contribution in [2.45, 2.75) is 0 Å². The Bertz CT molecular complexity index is 743. The highest BCUT2D eigenvalue weighted by molar-refractivity contribution is 5.91. The number of rotatable bonds is 3. The van der Waals surface area contributed by atoms with Gasteiger partial charge in [0.2, 0.25) is 0 Å². The highest BCUT2D eigenvalue weighted by Crippen LogP contribution is 2.26. The minimum Gasteiger partial charge on any atom is -0.207 e. The lowest BCUT2D eigenvalue weighted by Crippen LogP contribution is -1.89. The second-order valence-corrected chi connectivity index (χ2v) is 4.85. The molecular weight excluding hydrogens is 259 g/mol. The smallest absolute Gasteiger partial charge is 0.123 e. The maximum absolute atomic E-state index is 13.6. The van der Waals surface area contributed by atoms with Crippen molar-refractivity contribution in [1.82, 2.24) is 0 Å². The van der Waals surface area contributed by atoms with Crippen LogP contribution in [0.15, 0.2) is 84.9 Å². The molecule has 0 nitrogen and oxygen atoms in total. The standard InChI is InChI=1S/C20H15F/c21-19-13-7-12-18(15-19)20(17-10-5-2-6-11-17)14-16-8-3-1-4-9-16/h1-15H/b20-14+. The summed E-state index contributed by atoms with van der Waals surface area (Å²) in [4.78, 5) is 0. The van der Waals surface area contributed by atoms with Gasteiger partial charge in [-0.25, -0.2) is 4.39 Å². The lowest BCUT2D eigenvalue weighted by atomic mass is 9.96. The van der Waals surface area contributed by atoms with Crippen molar-refractivity contribution >= 4 is 11.6 Å². The Morgan fingerprint density at radius 3 is 1.95 bits per heavy atom. The normalized spacial score (nSPS) is 11.4. The van der Waals surface area contributed by atoms with Crippen molar-refractivity contribution in [2.75, 3.05) is 0 Å². The van der Waals surface area contributed by atoms with Gasteiger partial charge in [-0.3, -0.25) is 0 Å². The molecule has 0 heterocycles. The third-order valence-electron chi connectivity index (χ3n) is 3.33. The Kier molecular flexibility index (Phi) is 3.92. The minimum absolute atomic E-state index is 0.220. The maximum Gasteiger partial charge on any atom is 0.123 e. The van der Waals surface area contributed by atoms with Crippen LogP contribution in [0.4, 0.5) is 4.39 Å². The molecule has 0 fully saturated rings. The van der Waals surface area contributed by atoms with E-state index in [1.165, 1.54) is 6.07 Å². The molecule has 0 aliphatic heterocycles. The molecule has 0 N–H and O–H groups in total. The topological polar surface area (TPSA) is 0 Å². The fourth-order valence-corrected chi connectivity index (χ4v) is 2.32. The van der Waals surface area contributed by atoms with Crippen LogP contribution in [0.5, 0.6) is 0 Å². The van der Waals surface area contributed by atoms with Crippen LogP contribution in [0, 0.1) is 5.82 Å². The summed E-state index contributed by atoms with van der Waals surface area (Å²) >= 11 is 0. The van der Waals surface area contributed by atoms with Crippen LogP contribution < -0.4 is 0 Å². The van der Waals surface area contributed by atoms with Crippen LogP contribution in [-0.4, -0.2) is 0 Å². The summed E-state index contributed by atoms with van der Waals surface area (Å²) in [5.41, 5.74) is 4.07. The predicted octanol–water partition coefficient (Wildman–Crippen LogP) is 5.41. The van der Waals surface area contributed by atoms with E-state index in [9.17, 15) is 4.39 Å². The largest absolute Gasteiger partial charge is 0.207 e. The van der Waals surface area contributed by atoms with E-state index < -0.39 is 0 Å². The highest BCUT2D eigenvalue weighted by atomic mass is 19.1. The van der Waals surface area contributed by atoms with Gasteiger partial charge < -0.3 is 0 Å². The Labute approximate surface area is 124 Å². The van der Waals surface area contributed by atoms with Gasteiger partial charge in [0.25, 0.3) is 0 Å². The van der Waals surface area contributed by atoms with Gasteiger partial charge in [-0.15, -0.1) is 0 Å². The van der Waals surface area contributed by atoms with Crippen LogP contribution in [0.3, 0.4) is 0 Å². The highest BCUT2D eigenvalue weighted by Gasteiger charge is 2.06. The average Bonchev–Trinajstić information content (AvgIpc) is 2.54. The monoisotopic (exact) mass is 274 g/mol. The van der Waals surface area contributed by atoms with Crippen molar-refractivity contribution in [3.8, 4) is 0 Å². The predicted molar refractivity (Wildman–Crippen MR) is 86.3 cm³/mol. The van der Waals surface area contributed by atoms with Crippen LogP contribution in [0.25, 0.3) is 11.6 Å². The van der Waals surface area contributed by atoms with Gasteiger partial charge in [0.05, 0.1) is 0 Å². The lowest BCUT2D eigenvalue weighted by Gasteiger charge is -2.09. The third kappa shape index (κ3) is 3.26. The summed E-state index contributed by atoms with van der Waals surface area (Å²) in [5.74, 6) is -0.220. The summed E-state index contributed by atoms with van der Waals surface area (Å²) in [6, 6.07) is 26.8. The van der Waals surface area contributed by atoms with Crippen LogP contribution in [0.2, 0.25) is 0 Å². The van der Waals surface area contributed by atoms with Crippen molar-refractivity contribution in [2.24, 2.45) is 0 Å². The van der Waals surface area contributed by atoms with E-state index in [1.54, 1.807) is 12.1 Å². The first kappa shape index (κ1) is 13.3.